The first-order chi connectivity index (χ1) is 6.19. The topological polar surface area (TPSA) is 28.7 Å². The van der Waals surface area contributed by atoms with Gasteiger partial charge in [-0.1, -0.05) is 12.7 Å². The molecule has 2 radical (unpaired) electrons. The summed E-state index contributed by atoms with van der Waals surface area (Å²) in [4.78, 5) is 7.22. The van der Waals surface area contributed by atoms with E-state index >= 15 is 0 Å². The Morgan fingerprint density at radius 3 is 2.77 bits per heavy atom. The lowest BCUT2D eigenvalue weighted by Crippen LogP contribution is -2.08. The summed E-state index contributed by atoms with van der Waals surface area (Å²) in [6, 6.07) is 0. The zero-order valence-corrected chi connectivity index (χ0v) is 8.61. The van der Waals surface area contributed by atoms with E-state index in [4.69, 9.17) is 7.85 Å². The third-order valence-electron chi connectivity index (χ3n) is 1.59. The van der Waals surface area contributed by atoms with Crippen LogP contribution in [0.2, 0.25) is 0 Å². The average Bonchev–Trinajstić information content (AvgIpc) is 2.41. The summed E-state index contributed by atoms with van der Waals surface area (Å²) < 4.78 is 0. The van der Waals surface area contributed by atoms with Gasteiger partial charge in [-0.25, -0.2) is 4.98 Å². The predicted octanol–water partition coefficient (Wildman–Crippen LogP) is 1.40. The fourth-order valence-corrected chi connectivity index (χ4v) is 1.52. The third kappa shape index (κ3) is 2.28. The van der Waals surface area contributed by atoms with E-state index in [0.717, 1.165) is 17.1 Å². The molecule has 0 aromatic carbocycles. The van der Waals surface area contributed by atoms with E-state index in [1.54, 1.807) is 17.8 Å². The minimum absolute atomic E-state index is 0.595. The van der Waals surface area contributed by atoms with Gasteiger partial charge in [0, 0.05) is 5.57 Å². The van der Waals surface area contributed by atoms with Gasteiger partial charge in [0.25, 0.3) is 0 Å². The highest BCUT2D eigenvalue weighted by Crippen LogP contribution is 2.14. The Hall–Kier alpha value is -0.895. The van der Waals surface area contributed by atoms with Gasteiger partial charge < -0.3 is 4.98 Å². The van der Waals surface area contributed by atoms with Crippen molar-refractivity contribution in [2.24, 2.45) is 0 Å². The SMILES string of the molecule is [B]c1[nH]c(C)nc1/C(C=C)=C/SC. The van der Waals surface area contributed by atoms with E-state index in [0.29, 0.717) is 5.59 Å². The largest absolute Gasteiger partial charge is 0.355 e. The van der Waals surface area contributed by atoms with Gasteiger partial charge in [0.2, 0.25) is 0 Å². The minimum Gasteiger partial charge on any atom is -0.355 e. The highest BCUT2D eigenvalue weighted by Gasteiger charge is 2.05. The van der Waals surface area contributed by atoms with E-state index in [2.05, 4.69) is 16.5 Å². The van der Waals surface area contributed by atoms with E-state index in [1.165, 1.54) is 0 Å². The molecule has 1 N–H and O–H groups in total. The zero-order chi connectivity index (χ0) is 9.84. The van der Waals surface area contributed by atoms with E-state index in [9.17, 15) is 0 Å². The lowest BCUT2D eigenvalue weighted by molar-refractivity contribution is 1.15. The molecule has 1 heterocycles. The molecule has 1 aromatic rings. The Morgan fingerprint density at radius 2 is 2.38 bits per heavy atom. The van der Waals surface area contributed by atoms with Gasteiger partial charge in [-0.3, -0.25) is 0 Å². The number of aryl methyl sites for hydroxylation is 1. The molecule has 0 aliphatic heterocycles. The maximum absolute atomic E-state index is 5.73. The van der Waals surface area contributed by atoms with Crippen LogP contribution in [0.3, 0.4) is 0 Å². The number of rotatable bonds is 3. The van der Waals surface area contributed by atoms with Crippen molar-refractivity contribution in [3.05, 3.63) is 29.6 Å². The second-order valence-corrected chi connectivity index (χ2v) is 3.30. The lowest BCUT2D eigenvalue weighted by Gasteiger charge is -1.97. The highest BCUT2D eigenvalue weighted by atomic mass is 32.2. The fourth-order valence-electron chi connectivity index (χ4n) is 1.06. The van der Waals surface area contributed by atoms with E-state index in [1.807, 2.05) is 18.6 Å². The molecule has 2 nitrogen and oxygen atoms in total. The van der Waals surface area contributed by atoms with Crippen molar-refractivity contribution < 1.29 is 0 Å². The van der Waals surface area contributed by atoms with Gasteiger partial charge in [0.15, 0.2) is 0 Å². The number of aromatic amines is 1. The number of nitrogens with one attached hydrogen (secondary N) is 1. The zero-order valence-electron chi connectivity index (χ0n) is 7.79. The molecular formula is C9H11BN2S. The van der Waals surface area contributed by atoms with Gasteiger partial charge in [-0.2, -0.15) is 0 Å². The summed E-state index contributed by atoms with van der Waals surface area (Å²) in [5.41, 5.74) is 2.33. The number of nitrogens with zero attached hydrogens (tertiary/aromatic N) is 1. The molecule has 1 rings (SSSR count). The Labute approximate surface area is 83.9 Å². The van der Waals surface area contributed by atoms with Crippen molar-refractivity contribution >= 4 is 30.8 Å². The maximum Gasteiger partial charge on any atom is 0.141 e. The molecule has 0 amide bonds. The van der Waals surface area contributed by atoms with E-state index < -0.39 is 0 Å². The molecule has 0 atom stereocenters. The number of allylic oxidation sites excluding steroid dienone is 2. The van der Waals surface area contributed by atoms with Crippen LogP contribution in [0.25, 0.3) is 5.57 Å². The van der Waals surface area contributed by atoms with Crippen LogP contribution in [-0.2, 0) is 0 Å². The first-order valence-electron chi connectivity index (χ1n) is 3.87. The molecule has 0 bridgehead atoms. The smallest absolute Gasteiger partial charge is 0.141 e. The summed E-state index contributed by atoms with van der Waals surface area (Å²) in [6.45, 7) is 5.59. The lowest BCUT2D eigenvalue weighted by atomic mass is 9.99. The quantitative estimate of drug-likeness (QED) is 0.576. The van der Waals surface area contributed by atoms with Crippen molar-refractivity contribution in [2.45, 2.75) is 6.92 Å². The Kier molecular flexibility index (Phi) is 3.43. The van der Waals surface area contributed by atoms with Crippen molar-refractivity contribution in [2.75, 3.05) is 6.26 Å². The Balaban J connectivity index is 3.11. The molecule has 0 aliphatic carbocycles. The highest BCUT2D eigenvalue weighted by molar-refractivity contribution is 8.01. The normalized spacial score (nSPS) is 11.7. The minimum atomic E-state index is 0.595. The summed E-state index contributed by atoms with van der Waals surface area (Å²) in [5, 5.41) is 1.97. The van der Waals surface area contributed by atoms with Gasteiger partial charge in [0.05, 0.1) is 5.69 Å². The summed E-state index contributed by atoms with van der Waals surface area (Å²) in [6.07, 6.45) is 3.74. The van der Waals surface area contributed by atoms with Crippen molar-refractivity contribution in [1.29, 1.82) is 0 Å². The summed E-state index contributed by atoms with van der Waals surface area (Å²) >= 11 is 1.60. The second kappa shape index (κ2) is 4.37. The Morgan fingerprint density at radius 1 is 1.69 bits per heavy atom. The summed E-state index contributed by atoms with van der Waals surface area (Å²) in [7, 11) is 5.73. The predicted molar refractivity (Wildman–Crippen MR) is 60.4 cm³/mol. The number of hydrogen-bond acceptors (Lipinski definition) is 2. The standard InChI is InChI=1S/C9H11BN2S/c1-4-7(5-13-3)8-9(10)12-6(2)11-8/h4-5H,1H2,2-3H3,(H,11,12)/b7-5+. The van der Waals surface area contributed by atoms with E-state index in [-0.39, 0.29) is 0 Å². The summed E-state index contributed by atoms with van der Waals surface area (Å²) in [5.74, 6) is 0.821. The first kappa shape index (κ1) is 10.2. The van der Waals surface area contributed by atoms with Crippen LogP contribution in [0.4, 0.5) is 0 Å². The maximum atomic E-state index is 5.73. The number of H-pyrrole nitrogens is 1. The number of aromatic nitrogens is 2. The number of hydrogen-bond donors (Lipinski definition) is 1. The molecule has 0 unspecified atom stereocenters. The van der Waals surface area contributed by atoms with Crippen LogP contribution in [0.1, 0.15) is 11.5 Å². The molecule has 4 heteroatoms. The molecule has 0 saturated carbocycles. The average molecular weight is 190 g/mol. The van der Waals surface area contributed by atoms with Crippen LogP contribution in [0.15, 0.2) is 18.1 Å². The monoisotopic (exact) mass is 190 g/mol. The number of imidazole rings is 1. The fraction of sp³-hybridized carbons (Fsp3) is 0.222. The molecule has 1 aromatic heterocycles. The van der Waals surface area contributed by atoms with Crippen molar-refractivity contribution in [3.63, 3.8) is 0 Å². The van der Waals surface area contributed by atoms with Gasteiger partial charge >= 0.3 is 0 Å². The van der Waals surface area contributed by atoms with Crippen LogP contribution in [0.5, 0.6) is 0 Å². The van der Waals surface area contributed by atoms with Crippen LogP contribution in [0, 0.1) is 6.92 Å². The molecular weight excluding hydrogens is 179 g/mol. The number of thioether (sulfide) groups is 1. The first-order valence-corrected chi connectivity index (χ1v) is 5.15. The molecule has 0 spiro atoms. The third-order valence-corrected chi connectivity index (χ3v) is 2.08. The molecule has 0 saturated heterocycles. The van der Waals surface area contributed by atoms with Crippen molar-refractivity contribution in [1.82, 2.24) is 9.97 Å². The van der Waals surface area contributed by atoms with Gasteiger partial charge in [-0.15, -0.1) is 11.8 Å². The molecule has 0 aliphatic rings. The van der Waals surface area contributed by atoms with Crippen molar-refractivity contribution in [3.8, 4) is 0 Å². The van der Waals surface area contributed by atoms with Gasteiger partial charge in [0.1, 0.15) is 13.7 Å². The van der Waals surface area contributed by atoms with Crippen LogP contribution >= 0.6 is 11.8 Å². The second-order valence-electron chi connectivity index (χ2n) is 2.60. The van der Waals surface area contributed by atoms with Crippen LogP contribution in [-0.4, -0.2) is 24.1 Å². The Bertz CT molecular complexity index is 341. The van der Waals surface area contributed by atoms with Crippen LogP contribution < -0.4 is 5.59 Å². The molecule has 13 heavy (non-hydrogen) atoms. The van der Waals surface area contributed by atoms with Gasteiger partial charge in [-0.05, 0) is 24.2 Å². The molecule has 0 fully saturated rings. The molecule has 66 valence electrons.